The van der Waals surface area contributed by atoms with Crippen LogP contribution in [0.4, 0.5) is 10.5 Å². The summed E-state index contributed by atoms with van der Waals surface area (Å²) in [6, 6.07) is 19.1. The molecule has 2 aromatic heterocycles. The van der Waals surface area contributed by atoms with Gasteiger partial charge in [-0.25, -0.2) is 14.5 Å². The normalized spacial score (nSPS) is 12.1. The number of nitrogens with one attached hydrogen (secondary N) is 1. The molecule has 0 fully saturated rings. The van der Waals surface area contributed by atoms with Crippen LogP contribution in [-0.4, -0.2) is 34.3 Å². The lowest BCUT2D eigenvalue weighted by Crippen LogP contribution is -2.40. The summed E-state index contributed by atoms with van der Waals surface area (Å²) >= 11 is 0. The third-order valence-electron chi connectivity index (χ3n) is 6.46. The van der Waals surface area contributed by atoms with Gasteiger partial charge in [0.05, 0.1) is 34.9 Å². The molecule has 2 N–H and O–H groups in total. The average molecular weight is 475 g/mol. The SMILES string of the molecule is CC(C)(C)[Si](C)(C)OCc1ccnn1-c1ccccc1-c1nc2ccccc2cc1NC(=O)O. The molecule has 2 aromatic carbocycles. The standard InChI is InChI=1S/C26H30N4O3Si/c1-26(2,3)34(4,5)33-17-19-14-15-27-30(19)23-13-9-7-11-20(23)24-22(29-25(31)32)16-18-10-6-8-12-21(18)28-24/h6-16,29H,17H2,1-5H3,(H,31,32). The molecule has 0 aliphatic rings. The zero-order valence-electron chi connectivity index (χ0n) is 20.2. The molecule has 0 unspecified atom stereocenters. The summed E-state index contributed by atoms with van der Waals surface area (Å²) in [4.78, 5) is 16.4. The highest BCUT2D eigenvalue weighted by molar-refractivity contribution is 6.74. The van der Waals surface area contributed by atoms with E-state index in [0.717, 1.165) is 27.8 Å². The van der Waals surface area contributed by atoms with Crippen molar-refractivity contribution in [1.82, 2.24) is 14.8 Å². The number of anilines is 1. The highest BCUT2D eigenvalue weighted by Crippen LogP contribution is 2.38. The van der Waals surface area contributed by atoms with E-state index >= 15 is 0 Å². The van der Waals surface area contributed by atoms with Gasteiger partial charge in [-0.15, -0.1) is 0 Å². The van der Waals surface area contributed by atoms with E-state index in [4.69, 9.17) is 9.41 Å². The minimum Gasteiger partial charge on any atom is -0.465 e. The van der Waals surface area contributed by atoms with Crippen LogP contribution in [0.5, 0.6) is 0 Å². The predicted octanol–water partition coefficient (Wildman–Crippen LogP) is 6.70. The Morgan fingerprint density at radius 1 is 1.09 bits per heavy atom. The maximum absolute atomic E-state index is 11.5. The van der Waals surface area contributed by atoms with E-state index in [1.807, 2.05) is 65.3 Å². The Bertz CT molecular complexity index is 1340. The summed E-state index contributed by atoms with van der Waals surface area (Å²) < 4.78 is 8.30. The van der Waals surface area contributed by atoms with E-state index in [0.29, 0.717) is 18.0 Å². The molecule has 7 nitrogen and oxygen atoms in total. The molecule has 0 saturated heterocycles. The Morgan fingerprint density at radius 3 is 2.53 bits per heavy atom. The van der Waals surface area contributed by atoms with Crippen LogP contribution in [0.3, 0.4) is 0 Å². The van der Waals surface area contributed by atoms with Gasteiger partial charge in [-0.1, -0.05) is 57.2 Å². The molecule has 1 amide bonds. The van der Waals surface area contributed by atoms with Crippen LogP contribution in [0, 0.1) is 0 Å². The Balaban J connectivity index is 1.80. The van der Waals surface area contributed by atoms with Gasteiger partial charge in [0.15, 0.2) is 8.32 Å². The van der Waals surface area contributed by atoms with Crippen molar-refractivity contribution in [2.45, 2.75) is 45.5 Å². The van der Waals surface area contributed by atoms with Gasteiger partial charge in [-0.3, -0.25) is 5.32 Å². The summed E-state index contributed by atoms with van der Waals surface area (Å²) in [7, 11) is -1.95. The quantitative estimate of drug-likeness (QED) is 0.304. The topological polar surface area (TPSA) is 89.3 Å². The number of para-hydroxylation sites is 2. The minimum absolute atomic E-state index is 0.0994. The number of carbonyl (C=O) groups is 1. The molecule has 0 aliphatic heterocycles. The lowest BCUT2D eigenvalue weighted by atomic mass is 10.0. The molecular formula is C26H30N4O3Si. The first-order chi connectivity index (χ1) is 16.1. The number of hydrogen-bond acceptors (Lipinski definition) is 4. The van der Waals surface area contributed by atoms with Crippen molar-refractivity contribution in [3.8, 4) is 16.9 Å². The maximum atomic E-state index is 11.5. The third-order valence-corrected chi connectivity index (χ3v) is 10.9. The second kappa shape index (κ2) is 9.04. The van der Waals surface area contributed by atoms with Crippen molar-refractivity contribution in [1.29, 1.82) is 0 Å². The highest BCUT2D eigenvalue weighted by Gasteiger charge is 2.37. The molecule has 0 bridgehead atoms. The lowest BCUT2D eigenvalue weighted by Gasteiger charge is -2.36. The first-order valence-electron chi connectivity index (χ1n) is 11.2. The number of rotatable bonds is 6. The predicted molar refractivity (Wildman–Crippen MR) is 138 cm³/mol. The number of pyridine rings is 1. The first-order valence-corrected chi connectivity index (χ1v) is 14.1. The van der Waals surface area contributed by atoms with Crippen LogP contribution >= 0.6 is 0 Å². The molecule has 0 atom stereocenters. The molecule has 176 valence electrons. The van der Waals surface area contributed by atoms with E-state index in [9.17, 15) is 9.90 Å². The number of amides is 1. The fraction of sp³-hybridized carbons (Fsp3) is 0.269. The van der Waals surface area contributed by atoms with Gasteiger partial charge in [0.1, 0.15) is 0 Å². The fourth-order valence-corrected chi connectivity index (χ4v) is 4.46. The van der Waals surface area contributed by atoms with E-state index in [-0.39, 0.29) is 5.04 Å². The van der Waals surface area contributed by atoms with Gasteiger partial charge in [0.25, 0.3) is 0 Å². The summed E-state index contributed by atoms with van der Waals surface area (Å²) in [6.45, 7) is 11.5. The Morgan fingerprint density at radius 2 is 1.79 bits per heavy atom. The second-order valence-electron chi connectivity index (χ2n) is 9.81. The van der Waals surface area contributed by atoms with Crippen molar-refractivity contribution >= 4 is 31.0 Å². The van der Waals surface area contributed by atoms with E-state index < -0.39 is 14.4 Å². The van der Waals surface area contributed by atoms with Gasteiger partial charge in [0.2, 0.25) is 0 Å². The molecule has 2 heterocycles. The van der Waals surface area contributed by atoms with Gasteiger partial charge in [-0.05, 0) is 42.4 Å². The number of hydrogen-bond donors (Lipinski definition) is 2. The van der Waals surface area contributed by atoms with Crippen LogP contribution in [0.1, 0.15) is 26.5 Å². The average Bonchev–Trinajstić information content (AvgIpc) is 3.25. The number of aromatic nitrogens is 3. The summed E-state index contributed by atoms with van der Waals surface area (Å²) in [5.41, 5.74) is 4.25. The first kappa shape index (κ1) is 23.7. The lowest BCUT2D eigenvalue weighted by molar-refractivity contribution is 0.210. The number of fused-ring (bicyclic) bond motifs is 1. The molecule has 4 rings (SSSR count). The molecule has 0 saturated carbocycles. The minimum atomic E-state index is -1.95. The van der Waals surface area contributed by atoms with E-state index in [1.54, 1.807) is 6.20 Å². The molecule has 34 heavy (non-hydrogen) atoms. The van der Waals surface area contributed by atoms with Crippen LogP contribution < -0.4 is 5.32 Å². The fourth-order valence-electron chi connectivity index (χ4n) is 3.52. The van der Waals surface area contributed by atoms with Gasteiger partial charge >= 0.3 is 6.09 Å². The number of benzene rings is 2. The smallest absolute Gasteiger partial charge is 0.409 e. The zero-order chi connectivity index (χ0) is 24.5. The Kier molecular flexibility index (Phi) is 6.29. The van der Waals surface area contributed by atoms with Crippen LogP contribution in [-0.2, 0) is 11.0 Å². The highest BCUT2D eigenvalue weighted by atomic mass is 28.4. The van der Waals surface area contributed by atoms with Crippen LogP contribution in [0.15, 0.2) is 66.9 Å². The summed E-state index contributed by atoms with van der Waals surface area (Å²) in [6.07, 6.45) is 0.615. The van der Waals surface area contributed by atoms with Crippen LogP contribution in [0.25, 0.3) is 27.8 Å². The summed E-state index contributed by atoms with van der Waals surface area (Å²) in [5.74, 6) is 0. The molecular weight excluding hydrogens is 444 g/mol. The molecule has 4 aromatic rings. The van der Waals surface area contributed by atoms with E-state index in [2.05, 4.69) is 44.3 Å². The number of carboxylic acid groups (broad SMARTS) is 1. The zero-order valence-corrected chi connectivity index (χ0v) is 21.2. The van der Waals surface area contributed by atoms with Gasteiger partial charge in [0, 0.05) is 17.1 Å². The second-order valence-corrected chi connectivity index (χ2v) is 14.6. The van der Waals surface area contributed by atoms with Crippen molar-refractivity contribution < 1.29 is 14.3 Å². The molecule has 0 spiro atoms. The Hall–Kier alpha value is -3.49. The molecule has 0 radical (unpaired) electrons. The molecule has 0 aliphatic carbocycles. The van der Waals surface area contributed by atoms with Gasteiger partial charge < -0.3 is 9.53 Å². The molecule has 8 heteroatoms. The maximum Gasteiger partial charge on any atom is 0.409 e. The monoisotopic (exact) mass is 474 g/mol. The largest absolute Gasteiger partial charge is 0.465 e. The van der Waals surface area contributed by atoms with Gasteiger partial charge in [-0.2, -0.15) is 5.10 Å². The van der Waals surface area contributed by atoms with Crippen molar-refractivity contribution in [2.75, 3.05) is 5.32 Å². The van der Waals surface area contributed by atoms with Crippen molar-refractivity contribution in [3.63, 3.8) is 0 Å². The number of nitrogens with zero attached hydrogens (tertiary/aromatic N) is 3. The summed E-state index contributed by atoms with van der Waals surface area (Å²) in [5, 5.41) is 17.5. The third kappa shape index (κ3) is 4.73. The van der Waals surface area contributed by atoms with E-state index in [1.165, 1.54) is 0 Å². The Labute approximate surface area is 200 Å². The van der Waals surface area contributed by atoms with Crippen molar-refractivity contribution in [3.05, 3.63) is 72.6 Å². The van der Waals surface area contributed by atoms with Crippen LogP contribution in [0.2, 0.25) is 18.1 Å². The van der Waals surface area contributed by atoms with Crippen molar-refractivity contribution in [2.24, 2.45) is 0 Å².